The molecule has 9 heteroatoms. The van der Waals surface area contributed by atoms with Gasteiger partial charge in [0.05, 0.1) is 24.4 Å². The number of alkyl halides is 3. The maximum atomic E-state index is 14.2. The van der Waals surface area contributed by atoms with Gasteiger partial charge in [-0.1, -0.05) is 26.8 Å². The Morgan fingerprint density at radius 2 is 1.86 bits per heavy atom. The van der Waals surface area contributed by atoms with Crippen LogP contribution < -0.4 is 5.32 Å². The molecule has 2 heterocycles. The summed E-state index contributed by atoms with van der Waals surface area (Å²) in [4.78, 5) is 4.38. The van der Waals surface area contributed by atoms with Crippen LogP contribution in [0.25, 0.3) is 5.65 Å². The first-order valence-electron chi connectivity index (χ1n) is 9.00. The van der Waals surface area contributed by atoms with Gasteiger partial charge in [0.15, 0.2) is 5.65 Å². The summed E-state index contributed by atoms with van der Waals surface area (Å²) in [5, 5.41) is 17.0. The Morgan fingerprint density at radius 1 is 1.17 bits per heavy atom. The van der Waals surface area contributed by atoms with Gasteiger partial charge in [-0.05, 0) is 30.0 Å². The van der Waals surface area contributed by atoms with Crippen LogP contribution in [-0.4, -0.2) is 19.7 Å². The number of benzene rings is 1. The summed E-state index contributed by atoms with van der Waals surface area (Å²) in [5.41, 5.74) is 0.297. The number of nitrogens with zero attached hydrogens (tertiary/aromatic N) is 3. The van der Waals surface area contributed by atoms with E-state index in [1.807, 2.05) is 20.8 Å². The molecular weight excluding hydrogens is 388 g/mol. The molecule has 29 heavy (non-hydrogen) atoms. The van der Waals surface area contributed by atoms with Crippen LogP contribution in [0.3, 0.4) is 0 Å². The zero-order valence-corrected chi connectivity index (χ0v) is 16.5. The SMILES string of the molecule is Cc1cc(NC(c2ccc(C(F)(F)F)c(F)c2)C(C)(C)C)n2ncc(CO)c2n1. The number of hydrogen-bond acceptors (Lipinski definition) is 4. The van der Waals surface area contributed by atoms with Crippen molar-refractivity contribution in [2.75, 3.05) is 5.32 Å². The lowest BCUT2D eigenvalue weighted by atomic mass is 9.82. The quantitative estimate of drug-likeness (QED) is 0.602. The van der Waals surface area contributed by atoms with Crippen LogP contribution in [0.5, 0.6) is 0 Å². The van der Waals surface area contributed by atoms with E-state index in [4.69, 9.17) is 0 Å². The lowest BCUT2D eigenvalue weighted by Crippen LogP contribution is -2.27. The number of aliphatic hydroxyl groups is 1. The van der Waals surface area contributed by atoms with Crippen LogP contribution >= 0.6 is 0 Å². The first kappa shape index (κ1) is 21.0. The summed E-state index contributed by atoms with van der Waals surface area (Å²) in [5.74, 6) is -0.781. The van der Waals surface area contributed by atoms with Crippen molar-refractivity contribution in [2.45, 2.75) is 46.5 Å². The van der Waals surface area contributed by atoms with E-state index in [-0.39, 0.29) is 6.61 Å². The number of aliphatic hydroxyl groups excluding tert-OH is 1. The normalized spacial score (nSPS) is 13.7. The van der Waals surface area contributed by atoms with Crippen molar-refractivity contribution in [3.63, 3.8) is 0 Å². The van der Waals surface area contributed by atoms with Gasteiger partial charge >= 0.3 is 6.18 Å². The third kappa shape index (κ3) is 4.19. The van der Waals surface area contributed by atoms with Crippen LogP contribution in [0.4, 0.5) is 23.4 Å². The summed E-state index contributed by atoms with van der Waals surface area (Å²) in [7, 11) is 0. The molecule has 0 saturated heterocycles. The second-order valence-corrected chi connectivity index (χ2v) is 8.03. The summed E-state index contributed by atoms with van der Waals surface area (Å²) in [6, 6.07) is 4.17. The van der Waals surface area contributed by atoms with Crippen LogP contribution in [0.1, 0.15) is 49.2 Å². The van der Waals surface area contributed by atoms with Gasteiger partial charge in [0.2, 0.25) is 0 Å². The highest BCUT2D eigenvalue weighted by Gasteiger charge is 2.35. The van der Waals surface area contributed by atoms with E-state index in [1.165, 1.54) is 16.8 Å². The van der Waals surface area contributed by atoms with Crippen molar-refractivity contribution >= 4 is 11.5 Å². The molecule has 5 nitrogen and oxygen atoms in total. The molecule has 0 fully saturated rings. The number of anilines is 1. The largest absolute Gasteiger partial charge is 0.419 e. The molecule has 0 bridgehead atoms. The second-order valence-electron chi connectivity index (χ2n) is 8.03. The third-order valence-corrected chi connectivity index (χ3v) is 4.63. The molecular formula is C20H22F4N4O. The van der Waals surface area contributed by atoms with Crippen LogP contribution in [0, 0.1) is 18.2 Å². The molecule has 1 unspecified atom stereocenters. The van der Waals surface area contributed by atoms with Crippen molar-refractivity contribution in [1.82, 2.24) is 14.6 Å². The fraction of sp³-hybridized carbons (Fsp3) is 0.400. The van der Waals surface area contributed by atoms with Gasteiger partial charge in [-0.3, -0.25) is 0 Å². The molecule has 0 radical (unpaired) electrons. The predicted molar refractivity (Wildman–Crippen MR) is 101 cm³/mol. The van der Waals surface area contributed by atoms with Gasteiger partial charge < -0.3 is 10.4 Å². The van der Waals surface area contributed by atoms with Gasteiger partial charge in [0, 0.05) is 17.3 Å². The topological polar surface area (TPSA) is 62.5 Å². The van der Waals surface area contributed by atoms with E-state index < -0.39 is 29.0 Å². The maximum Gasteiger partial charge on any atom is 0.419 e. The van der Waals surface area contributed by atoms with Gasteiger partial charge in [0.25, 0.3) is 0 Å². The van der Waals surface area contributed by atoms with Crippen molar-refractivity contribution < 1.29 is 22.7 Å². The zero-order chi connectivity index (χ0) is 21.6. The Morgan fingerprint density at radius 3 is 2.41 bits per heavy atom. The molecule has 2 aromatic heterocycles. The summed E-state index contributed by atoms with van der Waals surface area (Å²) >= 11 is 0. The van der Waals surface area contributed by atoms with Crippen molar-refractivity contribution in [3.8, 4) is 0 Å². The zero-order valence-electron chi connectivity index (χ0n) is 16.5. The van der Waals surface area contributed by atoms with Crippen molar-refractivity contribution in [1.29, 1.82) is 0 Å². The highest BCUT2D eigenvalue weighted by Crippen LogP contribution is 2.38. The maximum absolute atomic E-state index is 14.2. The van der Waals surface area contributed by atoms with Crippen molar-refractivity contribution in [3.05, 3.63) is 58.7 Å². The summed E-state index contributed by atoms with van der Waals surface area (Å²) in [6.45, 7) is 7.24. The van der Waals surface area contributed by atoms with Gasteiger partial charge in [-0.25, -0.2) is 9.37 Å². The molecule has 3 aromatic rings. The lowest BCUT2D eigenvalue weighted by molar-refractivity contribution is -0.140. The Kier molecular flexibility index (Phi) is 5.29. The number of aromatic nitrogens is 3. The Balaban J connectivity index is 2.08. The van der Waals surface area contributed by atoms with E-state index in [2.05, 4.69) is 15.4 Å². The van der Waals surface area contributed by atoms with Gasteiger partial charge in [-0.15, -0.1) is 0 Å². The molecule has 1 aromatic carbocycles. The van der Waals surface area contributed by atoms with E-state index in [0.29, 0.717) is 28.3 Å². The number of aryl methyl sites for hydroxylation is 1. The van der Waals surface area contributed by atoms with E-state index >= 15 is 0 Å². The highest BCUT2D eigenvalue weighted by atomic mass is 19.4. The van der Waals surface area contributed by atoms with Crippen LogP contribution in [-0.2, 0) is 12.8 Å². The lowest BCUT2D eigenvalue weighted by Gasteiger charge is -2.33. The molecule has 1 atom stereocenters. The monoisotopic (exact) mass is 410 g/mol. The standard InChI is InChI=1S/C20H22F4N4O/c1-11-7-16(28-18(26-11)13(10-29)9-25-28)27-17(19(2,3)4)12-5-6-14(15(21)8-12)20(22,23)24/h5-9,17,27,29H,10H2,1-4H3. The Labute approximate surface area is 165 Å². The number of halogens is 4. The molecule has 0 aliphatic carbocycles. The molecule has 0 spiro atoms. The smallest absolute Gasteiger partial charge is 0.391 e. The molecule has 0 saturated carbocycles. The highest BCUT2D eigenvalue weighted by molar-refractivity contribution is 5.55. The second kappa shape index (κ2) is 7.29. The number of hydrogen-bond donors (Lipinski definition) is 2. The van der Waals surface area contributed by atoms with Gasteiger partial charge in [-0.2, -0.15) is 22.8 Å². The molecule has 3 rings (SSSR count). The number of rotatable bonds is 4. The first-order chi connectivity index (χ1) is 13.4. The average molecular weight is 410 g/mol. The fourth-order valence-corrected chi connectivity index (χ4v) is 3.23. The fourth-order valence-electron chi connectivity index (χ4n) is 3.23. The third-order valence-electron chi connectivity index (χ3n) is 4.63. The average Bonchev–Trinajstić information content (AvgIpc) is 3.00. The summed E-state index contributed by atoms with van der Waals surface area (Å²) in [6.07, 6.45) is -3.26. The molecule has 0 amide bonds. The van der Waals surface area contributed by atoms with E-state index in [1.54, 1.807) is 13.0 Å². The minimum absolute atomic E-state index is 0.230. The molecule has 0 aliphatic heterocycles. The van der Waals surface area contributed by atoms with E-state index in [9.17, 15) is 22.7 Å². The van der Waals surface area contributed by atoms with Crippen LogP contribution in [0.2, 0.25) is 0 Å². The Bertz CT molecular complexity index is 1040. The minimum atomic E-state index is -4.75. The molecule has 2 N–H and O–H groups in total. The van der Waals surface area contributed by atoms with Crippen molar-refractivity contribution in [2.24, 2.45) is 5.41 Å². The number of fused-ring (bicyclic) bond motifs is 1. The summed E-state index contributed by atoms with van der Waals surface area (Å²) < 4.78 is 54.5. The number of nitrogens with one attached hydrogen (secondary N) is 1. The van der Waals surface area contributed by atoms with Gasteiger partial charge in [0.1, 0.15) is 11.6 Å². The van der Waals surface area contributed by atoms with E-state index in [0.717, 1.165) is 12.1 Å². The Hall–Kier alpha value is -2.68. The minimum Gasteiger partial charge on any atom is -0.391 e. The van der Waals surface area contributed by atoms with Crippen LogP contribution in [0.15, 0.2) is 30.5 Å². The molecule has 156 valence electrons. The first-order valence-corrected chi connectivity index (χ1v) is 9.00. The predicted octanol–water partition coefficient (Wildman–Crippen LogP) is 4.89. The molecule has 0 aliphatic rings.